The third-order valence-corrected chi connectivity index (χ3v) is 4.67. The van der Waals surface area contributed by atoms with Crippen LogP contribution in [0.3, 0.4) is 0 Å². The van der Waals surface area contributed by atoms with E-state index in [0.717, 1.165) is 19.1 Å². The average Bonchev–Trinajstić information content (AvgIpc) is 2.71. The third kappa shape index (κ3) is 2.22. The highest BCUT2D eigenvalue weighted by Gasteiger charge is 2.15. The second kappa shape index (κ2) is 4.20. The van der Waals surface area contributed by atoms with Gasteiger partial charge in [-0.2, -0.15) is 0 Å². The van der Waals surface area contributed by atoms with Gasteiger partial charge in [0.15, 0.2) is 0 Å². The molecule has 0 atom stereocenters. The topological polar surface area (TPSA) is 17.1 Å². The Hall–Kier alpha value is -0.450. The number of carbonyl (C=O) groups excluding carboxylic acids is 1. The highest BCUT2D eigenvalue weighted by atomic mass is 79.9. The van der Waals surface area contributed by atoms with Crippen LogP contribution in [0.2, 0.25) is 0 Å². The predicted molar refractivity (Wildman–Crippen MR) is 69.2 cm³/mol. The Kier molecular flexibility index (Phi) is 3.09. The lowest BCUT2D eigenvalue weighted by Gasteiger charge is -1.94. The Bertz CT molecular complexity index is 510. The fourth-order valence-corrected chi connectivity index (χ4v) is 3.69. The molecule has 4 heteroatoms. The molecule has 0 saturated carbocycles. The van der Waals surface area contributed by atoms with E-state index in [1.165, 1.54) is 16.2 Å². The minimum absolute atomic E-state index is 0.132. The third-order valence-electron chi connectivity index (χ3n) is 2.08. The van der Waals surface area contributed by atoms with Crippen molar-refractivity contribution in [2.75, 3.05) is 0 Å². The zero-order chi connectivity index (χ0) is 11.0. The van der Waals surface area contributed by atoms with Gasteiger partial charge in [0.2, 0.25) is 5.78 Å². The van der Waals surface area contributed by atoms with Gasteiger partial charge in [0.1, 0.15) is 0 Å². The SMILES string of the molecule is Cc1cc(C(=O)c2ccc(Br)s2)c(C)s1. The first-order chi connectivity index (χ1) is 7.08. The number of ketones is 1. The molecule has 0 bridgehead atoms. The summed E-state index contributed by atoms with van der Waals surface area (Å²) < 4.78 is 0.996. The molecule has 2 heterocycles. The van der Waals surface area contributed by atoms with Crippen molar-refractivity contribution in [1.29, 1.82) is 0 Å². The second-order valence-corrected chi connectivity index (χ2v) is 7.18. The lowest BCUT2D eigenvalue weighted by Crippen LogP contribution is -1.97. The van der Waals surface area contributed by atoms with Crippen LogP contribution in [0.15, 0.2) is 22.0 Å². The van der Waals surface area contributed by atoms with Gasteiger partial charge in [-0.05, 0) is 48.0 Å². The molecule has 0 saturated heterocycles. The molecule has 0 N–H and O–H groups in total. The Morgan fingerprint density at radius 3 is 2.47 bits per heavy atom. The summed E-state index contributed by atoms with van der Waals surface area (Å²) in [5, 5.41) is 0. The molecule has 2 aromatic heterocycles. The summed E-state index contributed by atoms with van der Waals surface area (Å²) in [5.74, 6) is 0.132. The molecular weight excluding hydrogens is 292 g/mol. The van der Waals surface area contributed by atoms with Crippen molar-refractivity contribution in [3.8, 4) is 0 Å². The molecule has 2 rings (SSSR count). The molecule has 0 aromatic carbocycles. The maximum atomic E-state index is 12.1. The highest BCUT2D eigenvalue weighted by molar-refractivity contribution is 9.11. The first-order valence-electron chi connectivity index (χ1n) is 4.45. The van der Waals surface area contributed by atoms with Crippen LogP contribution in [0.4, 0.5) is 0 Å². The van der Waals surface area contributed by atoms with Gasteiger partial charge >= 0.3 is 0 Å². The Morgan fingerprint density at radius 1 is 1.27 bits per heavy atom. The monoisotopic (exact) mass is 300 g/mol. The van der Waals surface area contributed by atoms with E-state index in [1.807, 2.05) is 32.0 Å². The zero-order valence-electron chi connectivity index (χ0n) is 8.33. The molecular formula is C11H9BrOS2. The summed E-state index contributed by atoms with van der Waals surface area (Å²) in [6, 6.07) is 5.74. The van der Waals surface area contributed by atoms with Gasteiger partial charge in [-0.25, -0.2) is 0 Å². The summed E-state index contributed by atoms with van der Waals surface area (Å²) in [7, 11) is 0. The summed E-state index contributed by atoms with van der Waals surface area (Å²) >= 11 is 6.52. The van der Waals surface area contributed by atoms with Crippen LogP contribution in [0.1, 0.15) is 25.0 Å². The number of thiophene rings is 2. The largest absolute Gasteiger partial charge is 0.288 e. The standard InChI is InChI=1S/C11H9BrOS2/c1-6-5-8(7(2)14-6)11(13)9-3-4-10(12)15-9/h3-5H,1-2H3. The summed E-state index contributed by atoms with van der Waals surface area (Å²) in [4.78, 5) is 15.2. The first kappa shape index (κ1) is 11.0. The molecule has 0 aliphatic rings. The highest BCUT2D eigenvalue weighted by Crippen LogP contribution is 2.28. The lowest BCUT2D eigenvalue weighted by molar-refractivity contribution is 0.104. The van der Waals surface area contributed by atoms with Crippen LogP contribution in [0.25, 0.3) is 0 Å². The van der Waals surface area contributed by atoms with Crippen LogP contribution < -0.4 is 0 Å². The smallest absolute Gasteiger partial charge is 0.204 e. The van der Waals surface area contributed by atoms with Crippen LogP contribution in [0.5, 0.6) is 0 Å². The molecule has 0 unspecified atom stereocenters. The van der Waals surface area contributed by atoms with E-state index < -0.39 is 0 Å². The Balaban J connectivity index is 2.40. The fourth-order valence-electron chi connectivity index (χ4n) is 1.43. The summed E-state index contributed by atoms with van der Waals surface area (Å²) in [5.41, 5.74) is 0.840. The van der Waals surface area contributed by atoms with E-state index in [4.69, 9.17) is 0 Å². The average molecular weight is 301 g/mol. The second-order valence-electron chi connectivity index (χ2n) is 3.26. The van der Waals surface area contributed by atoms with Gasteiger partial charge in [0, 0.05) is 15.3 Å². The van der Waals surface area contributed by atoms with E-state index in [9.17, 15) is 4.79 Å². The lowest BCUT2D eigenvalue weighted by atomic mass is 10.1. The quantitative estimate of drug-likeness (QED) is 0.750. The van der Waals surface area contributed by atoms with Gasteiger partial charge in [-0.3, -0.25) is 4.79 Å². The molecule has 78 valence electrons. The number of halogens is 1. The van der Waals surface area contributed by atoms with E-state index >= 15 is 0 Å². The molecule has 0 aliphatic carbocycles. The molecule has 1 nitrogen and oxygen atoms in total. The number of hydrogen-bond donors (Lipinski definition) is 0. The van der Waals surface area contributed by atoms with Crippen molar-refractivity contribution >= 4 is 44.4 Å². The van der Waals surface area contributed by atoms with Crippen molar-refractivity contribution in [3.05, 3.63) is 42.2 Å². The van der Waals surface area contributed by atoms with Gasteiger partial charge in [-0.1, -0.05) is 0 Å². The molecule has 0 amide bonds. The van der Waals surface area contributed by atoms with Crippen LogP contribution in [-0.4, -0.2) is 5.78 Å². The van der Waals surface area contributed by atoms with E-state index in [0.29, 0.717) is 0 Å². The predicted octanol–water partition coefficient (Wildman–Crippen LogP) is 4.42. The molecule has 2 aromatic rings. The van der Waals surface area contributed by atoms with Crippen molar-refractivity contribution < 1.29 is 4.79 Å². The molecule has 0 spiro atoms. The number of rotatable bonds is 2. The fraction of sp³-hybridized carbons (Fsp3) is 0.182. The van der Waals surface area contributed by atoms with E-state index in [2.05, 4.69) is 15.9 Å². The zero-order valence-corrected chi connectivity index (χ0v) is 11.6. The van der Waals surface area contributed by atoms with Crippen molar-refractivity contribution in [2.24, 2.45) is 0 Å². The van der Waals surface area contributed by atoms with Crippen LogP contribution in [0, 0.1) is 13.8 Å². The van der Waals surface area contributed by atoms with Gasteiger partial charge < -0.3 is 0 Å². The van der Waals surface area contributed by atoms with Crippen LogP contribution >= 0.6 is 38.6 Å². The molecule has 0 fully saturated rings. The number of carbonyl (C=O) groups is 1. The molecule has 0 aliphatic heterocycles. The van der Waals surface area contributed by atoms with Gasteiger partial charge in [0.05, 0.1) is 8.66 Å². The normalized spacial score (nSPS) is 10.6. The first-order valence-corrected chi connectivity index (χ1v) is 6.87. The Morgan fingerprint density at radius 2 is 2.00 bits per heavy atom. The summed E-state index contributed by atoms with van der Waals surface area (Å²) in [6.45, 7) is 4.02. The maximum absolute atomic E-state index is 12.1. The van der Waals surface area contributed by atoms with Crippen molar-refractivity contribution in [1.82, 2.24) is 0 Å². The minimum atomic E-state index is 0.132. The van der Waals surface area contributed by atoms with Crippen molar-refractivity contribution in [2.45, 2.75) is 13.8 Å². The Labute approximate surface area is 105 Å². The molecule has 15 heavy (non-hydrogen) atoms. The molecule has 0 radical (unpaired) electrons. The van der Waals surface area contributed by atoms with Gasteiger partial charge in [0.25, 0.3) is 0 Å². The van der Waals surface area contributed by atoms with E-state index in [-0.39, 0.29) is 5.78 Å². The number of hydrogen-bond acceptors (Lipinski definition) is 3. The minimum Gasteiger partial charge on any atom is -0.288 e. The van der Waals surface area contributed by atoms with Crippen molar-refractivity contribution in [3.63, 3.8) is 0 Å². The number of aryl methyl sites for hydroxylation is 2. The van der Waals surface area contributed by atoms with Gasteiger partial charge in [-0.15, -0.1) is 22.7 Å². The summed E-state index contributed by atoms with van der Waals surface area (Å²) in [6.07, 6.45) is 0. The van der Waals surface area contributed by atoms with Crippen LogP contribution in [-0.2, 0) is 0 Å². The maximum Gasteiger partial charge on any atom is 0.204 e. The van der Waals surface area contributed by atoms with E-state index in [1.54, 1.807) is 11.3 Å².